The van der Waals surface area contributed by atoms with Gasteiger partial charge in [0.05, 0.1) is 34.3 Å². The predicted octanol–water partition coefficient (Wildman–Crippen LogP) is 4.50. The molecule has 29 heavy (non-hydrogen) atoms. The lowest BCUT2D eigenvalue weighted by atomic mass is 10.0. The van der Waals surface area contributed by atoms with Crippen molar-refractivity contribution in [3.05, 3.63) is 72.9 Å². The third kappa shape index (κ3) is 3.10. The minimum atomic E-state index is -0.0272. The molecule has 0 aliphatic rings. The van der Waals surface area contributed by atoms with Crippen molar-refractivity contribution in [3.63, 3.8) is 0 Å². The Bertz CT molecular complexity index is 1240. The van der Waals surface area contributed by atoms with Crippen LogP contribution in [0.1, 0.15) is 25.7 Å². The maximum atomic E-state index is 4.78. The van der Waals surface area contributed by atoms with Gasteiger partial charge in [0.2, 0.25) is 0 Å². The van der Waals surface area contributed by atoms with E-state index in [0.29, 0.717) is 5.92 Å². The van der Waals surface area contributed by atoms with Crippen molar-refractivity contribution >= 4 is 27.9 Å². The largest absolute Gasteiger partial charge is 0.359 e. The Balaban J connectivity index is 1.55. The number of fused-ring (bicyclic) bond motifs is 2. The molecule has 0 saturated carbocycles. The molecule has 0 aliphatic carbocycles. The van der Waals surface area contributed by atoms with Gasteiger partial charge in [-0.25, -0.2) is 19.6 Å². The highest BCUT2D eigenvalue weighted by atomic mass is 15.3. The number of benzene rings is 2. The van der Waals surface area contributed by atoms with E-state index in [0.717, 1.165) is 39.4 Å². The quantitative estimate of drug-likeness (QED) is 0.467. The highest BCUT2D eigenvalue weighted by Gasteiger charge is 2.22. The Morgan fingerprint density at radius 1 is 0.966 bits per heavy atom. The molecule has 0 saturated heterocycles. The second-order valence-corrected chi connectivity index (χ2v) is 7.36. The summed E-state index contributed by atoms with van der Waals surface area (Å²) in [4.78, 5) is 17.2. The summed E-state index contributed by atoms with van der Waals surface area (Å²) in [5, 5.41) is 8.98. The number of hydrogen-bond donors (Lipinski definition) is 2. The Morgan fingerprint density at radius 3 is 2.55 bits per heavy atom. The van der Waals surface area contributed by atoms with Crippen molar-refractivity contribution in [2.45, 2.75) is 19.9 Å². The Hall–Kier alpha value is -3.74. The fourth-order valence-electron chi connectivity index (χ4n) is 3.54. The molecule has 3 heterocycles. The number of H-pyrrole nitrogens is 1. The van der Waals surface area contributed by atoms with Gasteiger partial charge in [0, 0.05) is 0 Å². The molecule has 5 rings (SSSR count). The number of hydrogen-bond acceptors (Lipinski definition) is 5. The summed E-state index contributed by atoms with van der Waals surface area (Å²) >= 11 is 0. The van der Waals surface area contributed by atoms with Crippen molar-refractivity contribution in [1.82, 2.24) is 29.7 Å². The standard InChI is InChI=1S/C22H21N7/c1-14(2)19(21-26-17-10-6-7-11-18(17)27-21)28-20-16-12-25-29(22(16)24-13-23-20)15-8-4-3-5-9-15/h3-14,19H,1-2H3,(H,26,27)(H,23,24,28)/t19-/m1/s1. The van der Waals surface area contributed by atoms with Gasteiger partial charge in [-0.1, -0.05) is 44.2 Å². The molecule has 0 bridgehead atoms. The van der Waals surface area contributed by atoms with Crippen LogP contribution >= 0.6 is 0 Å². The average Bonchev–Trinajstić information content (AvgIpc) is 3.37. The second kappa shape index (κ2) is 7.01. The maximum Gasteiger partial charge on any atom is 0.168 e. The molecular formula is C22H21N7. The molecule has 1 atom stereocenters. The third-order valence-electron chi connectivity index (χ3n) is 5.03. The predicted molar refractivity (Wildman–Crippen MR) is 114 cm³/mol. The van der Waals surface area contributed by atoms with Crippen LogP contribution < -0.4 is 5.32 Å². The van der Waals surface area contributed by atoms with Gasteiger partial charge in [-0.2, -0.15) is 5.10 Å². The molecule has 5 aromatic rings. The van der Waals surface area contributed by atoms with E-state index < -0.39 is 0 Å². The maximum absolute atomic E-state index is 4.78. The number of nitrogens with one attached hydrogen (secondary N) is 2. The number of imidazole rings is 1. The smallest absolute Gasteiger partial charge is 0.168 e. The highest BCUT2D eigenvalue weighted by Crippen LogP contribution is 2.29. The fourth-order valence-corrected chi connectivity index (χ4v) is 3.54. The van der Waals surface area contributed by atoms with Crippen LogP contribution in [0.2, 0.25) is 0 Å². The summed E-state index contributed by atoms with van der Waals surface area (Å²) in [7, 11) is 0. The van der Waals surface area contributed by atoms with Gasteiger partial charge < -0.3 is 10.3 Å². The van der Waals surface area contributed by atoms with Crippen LogP contribution in [0.15, 0.2) is 67.1 Å². The summed E-state index contributed by atoms with van der Waals surface area (Å²) in [5.74, 6) is 1.93. The molecule has 0 aliphatic heterocycles. The third-order valence-corrected chi connectivity index (χ3v) is 5.03. The molecule has 0 spiro atoms. The van der Waals surface area contributed by atoms with Crippen molar-refractivity contribution in [2.75, 3.05) is 5.32 Å². The summed E-state index contributed by atoms with van der Waals surface area (Å²) in [6.45, 7) is 4.33. The van der Waals surface area contributed by atoms with E-state index in [9.17, 15) is 0 Å². The normalized spacial score (nSPS) is 12.7. The van der Waals surface area contributed by atoms with Crippen LogP contribution in [-0.4, -0.2) is 29.7 Å². The monoisotopic (exact) mass is 383 g/mol. The molecule has 144 valence electrons. The van der Waals surface area contributed by atoms with Gasteiger partial charge >= 0.3 is 0 Å². The zero-order chi connectivity index (χ0) is 19.8. The SMILES string of the molecule is CC(C)[C@@H](Nc1ncnc2c1cnn2-c1ccccc1)c1nc2ccccc2[nH]1. The van der Waals surface area contributed by atoms with Crippen LogP contribution in [0.25, 0.3) is 27.8 Å². The molecule has 0 fully saturated rings. The number of para-hydroxylation sites is 3. The van der Waals surface area contributed by atoms with Gasteiger partial charge in [0.1, 0.15) is 18.0 Å². The van der Waals surface area contributed by atoms with E-state index in [1.807, 2.05) is 59.3 Å². The summed E-state index contributed by atoms with van der Waals surface area (Å²) in [5.41, 5.74) is 3.71. The Kier molecular flexibility index (Phi) is 4.20. The van der Waals surface area contributed by atoms with E-state index >= 15 is 0 Å². The van der Waals surface area contributed by atoms with Crippen molar-refractivity contribution < 1.29 is 0 Å². The molecule has 3 aromatic heterocycles. The number of nitrogens with zero attached hydrogens (tertiary/aromatic N) is 5. The van der Waals surface area contributed by atoms with E-state index in [1.165, 1.54) is 0 Å². The van der Waals surface area contributed by atoms with Gasteiger partial charge in [-0.15, -0.1) is 0 Å². The molecule has 2 N–H and O–H groups in total. The lowest BCUT2D eigenvalue weighted by molar-refractivity contribution is 0.525. The summed E-state index contributed by atoms with van der Waals surface area (Å²) in [6, 6.07) is 18.0. The summed E-state index contributed by atoms with van der Waals surface area (Å²) < 4.78 is 1.83. The van der Waals surface area contributed by atoms with Crippen molar-refractivity contribution in [1.29, 1.82) is 0 Å². The first-order valence-corrected chi connectivity index (χ1v) is 9.66. The summed E-state index contributed by atoms with van der Waals surface area (Å²) in [6.07, 6.45) is 3.38. The van der Waals surface area contributed by atoms with Crippen molar-refractivity contribution in [2.24, 2.45) is 5.92 Å². The molecule has 0 radical (unpaired) electrons. The van der Waals surface area contributed by atoms with Crippen LogP contribution in [0.4, 0.5) is 5.82 Å². The highest BCUT2D eigenvalue weighted by molar-refractivity contribution is 5.87. The average molecular weight is 383 g/mol. The van der Waals surface area contributed by atoms with Crippen LogP contribution in [0.5, 0.6) is 0 Å². The molecular weight excluding hydrogens is 362 g/mol. The number of rotatable bonds is 5. The van der Waals surface area contributed by atoms with E-state index in [1.54, 1.807) is 12.5 Å². The molecule has 0 amide bonds. The molecule has 7 nitrogen and oxygen atoms in total. The van der Waals surface area contributed by atoms with Gasteiger partial charge in [-0.05, 0) is 30.2 Å². The number of aromatic nitrogens is 6. The van der Waals surface area contributed by atoms with E-state index in [-0.39, 0.29) is 6.04 Å². The number of aromatic amines is 1. The molecule has 0 unspecified atom stereocenters. The number of anilines is 1. The lowest BCUT2D eigenvalue weighted by Gasteiger charge is -2.21. The van der Waals surface area contributed by atoms with Crippen molar-refractivity contribution in [3.8, 4) is 5.69 Å². The fraction of sp³-hybridized carbons (Fsp3) is 0.182. The van der Waals surface area contributed by atoms with Crippen LogP contribution in [-0.2, 0) is 0 Å². The molecule has 7 heteroatoms. The second-order valence-electron chi connectivity index (χ2n) is 7.36. The van der Waals surface area contributed by atoms with Gasteiger partial charge in [-0.3, -0.25) is 0 Å². The van der Waals surface area contributed by atoms with Gasteiger partial charge in [0.25, 0.3) is 0 Å². The molecule has 2 aromatic carbocycles. The Morgan fingerprint density at radius 2 is 1.76 bits per heavy atom. The topological polar surface area (TPSA) is 84.3 Å². The lowest BCUT2D eigenvalue weighted by Crippen LogP contribution is -2.19. The van der Waals surface area contributed by atoms with Gasteiger partial charge in [0.15, 0.2) is 5.65 Å². The first kappa shape index (κ1) is 17.4. The Labute approximate surface area is 167 Å². The van der Waals surface area contributed by atoms with E-state index in [4.69, 9.17) is 4.98 Å². The van der Waals surface area contributed by atoms with Crippen LogP contribution in [0, 0.1) is 5.92 Å². The van der Waals surface area contributed by atoms with E-state index in [2.05, 4.69) is 39.2 Å². The first-order valence-electron chi connectivity index (χ1n) is 9.66. The zero-order valence-corrected chi connectivity index (χ0v) is 16.2. The minimum Gasteiger partial charge on any atom is -0.359 e. The van der Waals surface area contributed by atoms with Crippen LogP contribution in [0.3, 0.4) is 0 Å². The first-order chi connectivity index (χ1) is 14.2. The zero-order valence-electron chi connectivity index (χ0n) is 16.2. The minimum absolute atomic E-state index is 0.0272.